The molecule has 0 radical (unpaired) electrons. The van der Waals surface area contributed by atoms with E-state index >= 15 is 0 Å². The molecule has 1 fully saturated rings. The Morgan fingerprint density at radius 2 is 1.89 bits per heavy atom. The van der Waals surface area contributed by atoms with Gasteiger partial charge in [-0.15, -0.1) is 0 Å². The summed E-state index contributed by atoms with van der Waals surface area (Å²) in [4.78, 5) is 15.7. The van der Waals surface area contributed by atoms with Crippen LogP contribution in [-0.4, -0.2) is 42.1 Å². The minimum atomic E-state index is -0.218. The first-order valence-electron chi connectivity index (χ1n) is 14.8. The van der Waals surface area contributed by atoms with E-state index in [1.807, 2.05) is 18.2 Å². The van der Waals surface area contributed by atoms with Crippen molar-refractivity contribution in [2.24, 2.45) is 11.8 Å². The summed E-state index contributed by atoms with van der Waals surface area (Å²) in [7, 11) is 0. The van der Waals surface area contributed by atoms with Gasteiger partial charge in [-0.1, -0.05) is 57.4 Å². The summed E-state index contributed by atoms with van der Waals surface area (Å²) < 4.78 is 9.58. The second-order valence-corrected chi connectivity index (χ2v) is 12.6. The number of carbonyl (C=O) groups is 1. The van der Waals surface area contributed by atoms with Gasteiger partial charge in [-0.3, -0.25) is 9.52 Å². The number of rotatable bonds is 4. The molecule has 1 saturated carbocycles. The predicted octanol–water partition coefficient (Wildman–Crippen LogP) is 6.74. The molecule has 0 aromatic heterocycles. The third kappa shape index (κ3) is 6.17. The van der Waals surface area contributed by atoms with E-state index in [0.29, 0.717) is 29.3 Å². The van der Waals surface area contributed by atoms with Gasteiger partial charge in [0.05, 0.1) is 18.4 Å². The maximum Gasteiger partial charge on any atom is 0.261 e. The quantitative estimate of drug-likeness (QED) is 0.424. The molecular weight excluding hydrogens is 492 g/mol. The first-order valence-corrected chi connectivity index (χ1v) is 15.7. The summed E-state index contributed by atoms with van der Waals surface area (Å²) in [6.07, 6.45) is 9.34. The van der Waals surface area contributed by atoms with Crippen LogP contribution < -0.4 is 14.4 Å². The Kier molecular flexibility index (Phi) is 9.21. The topological polar surface area (TPSA) is 61.8 Å². The summed E-state index contributed by atoms with van der Waals surface area (Å²) in [6, 6.07) is 14.7. The number of hydrogen-bond donors (Lipinski definition) is 2. The van der Waals surface area contributed by atoms with Crippen LogP contribution in [0.15, 0.2) is 42.5 Å². The fourth-order valence-corrected chi connectivity index (χ4v) is 7.36. The molecule has 2 N–H and O–H groups in total. The van der Waals surface area contributed by atoms with Gasteiger partial charge in [0.15, 0.2) is 0 Å². The molecule has 1 amide bonds. The van der Waals surface area contributed by atoms with Crippen molar-refractivity contribution in [1.82, 2.24) is 4.72 Å². The Bertz CT molecular complexity index is 1090. The largest absolute Gasteiger partial charge is 0.491 e. The van der Waals surface area contributed by atoms with Gasteiger partial charge in [0.1, 0.15) is 5.75 Å². The van der Waals surface area contributed by atoms with E-state index in [1.165, 1.54) is 11.1 Å². The number of aliphatic hydroxyl groups is 1. The highest BCUT2D eigenvalue weighted by molar-refractivity contribution is 7.98. The molecule has 0 spiro atoms. The Morgan fingerprint density at radius 1 is 1.05 bits per heavy atom. The van der Waals surface area contributed by atoms with Crippen molar-refractivity contribution in [2.45, 2.75) is 88.9 Å². The van der Waals surface area contributed by atoms with Gasteiger partial charge >= 0.3 is 0 Å². The highest BCUT2D eigenvalue weighted by Crippen LogP contribution is 2.43. The van der Waals surface area contributed by atoms with Gasteiger partial charge in [0.25, 0.3) is 5.91 Å². The lowest BCUT2D eigenvalue weighted by Crippen LogP contribution is -2.44. The first kappa shape index (κ1) is 27.4. The smallest absolute Gasteiger partial charge is 0.261 e. The van der Waals surface area contributed by atoms with Crippen LogP contribution in [0, 0.1) is 11.8 Å². The van der Waals surface area contributed by atoms with E-state index < -0.39 is 0 Å². The number of aliphatic hydroxyl groups excluding tert-OH is 1. The summed E-state index contributed by atoms with van der Waals surface area (Å²) in [5.41, 5.74) is 4.47. The third-order valence-electron chi connectivity index (χ3n) is 8.93. The third-order valence-corrected chi connectivity index (χ3v) is 10.1. The van der Waals surface area contributed by atoms with Crippen molar-refractivity contribution < 1.29 is 14.6 Å². The standard InChI is InChI=1S/C32H44N2O3S/c1-3-9-22-10-5-7-12-27(22)25-20-34-19-24-14-16-28(24)30(35)13-8-6-11-26(4-2)38-33-32(36)23-15-17-31(37-21-25)29(34)18-23/h5,7,10,12,15,17-18,24-26,28,30,35H,3-4,6,8-9,11,13-14,16,19-21H2,1-2H3,(H,33,36). The molecule has 5 atom stereocenters. The molecule has 5 rings (SSSR count). The zero-order chi connectivity index (χ0) is 26.5. The van der Waals surface area contributed by atoms with Gasteiger partial charge in [0, 0.05) is 29.8 Å². The zero-order valence-electron chi connectivity index (χ0n) is 23.0. The van der Waals surface area contributed by atoms with Crippen molar-refractivity contribution in [3.8, 4) is 5.75 Å². The van der Waals surface area contributed by atoms with E-state index in [-0.39, 0.29) is 17.9 Å². The average Bonchev–Trinajstić information content (AvgIpc) is 3.09. The molecule has 5 unspecified atom stereocenters. The summed E-state index contributed by atoms with van der Waals surface area (Å²) in [6.45, 7) is 6.79. The number of anilines is 1. The number of carbonyl (C=O) groups excluding carboxylic acids is 1. The predicted molar refractivity (Wildman–Crippen MR) is 157 cm³/mol. The first-order chi connectivity index (χ1) is 18.6. The van der Waals surface area contributed by atoms with Crippen LogP contribution in [0.4, 0.5) is 5.69 Å². The van der Waals surface area contributed by atoms with Gasteiger partial charge in [-0.2, -0.15) is 0 Å². The summed E-state index contributed by atoms with van der Waals surface area (Å²) in [5, 5.41) is 11.5. The van der Waals surface area contributed by atoms with Crippen molar-refractivity contribution in [1.29, 1.82) is 0 Å². The van der Waals surface area contributed by atoms with E-state index in [9.17, 15) is 9.90 Å². The van der Waals surface area contributed by atoms with Gasteiger partial charge in [-0.25, -0.2) is 0 Å². The number of aryl methyl sites for hydroxylation is 1. The molecule has 5 nitrogen and oxygen atoms in total. The molecule has 2 aromatic rings. The van der Waals surface area contributed by atoms with Crippen molar-refractivity contribution in [3.05, 3.63) is 59.2 Å². The fourth-order valence-electron chi connectivity index (χ4n) is 6.52. The lowest BCUT2D eigenvalue weighted by molar-refractivity contribution is 0.00934. The van der Waals surface area contributed by atoms with Crippen LogP contribution in [-0.2, 0) is 6.42 Å². The van der Waals surface area contributed by atoms with Gasteiger partial charge < -0.3 is 14.7 Å². The summed E-state index contributed by atoms with van der Waals surface area (Å²) in [5.74, 6) is 1.90. The minimum absolute atomic E-state index is 0.0330. The number of fused-ring (bicyclic) bond motifs is 2. The van der Waals surface area contributed by atoms with Gasteiger partial charge in [0.2, 0.25) is 0 Å². The normalized spacial score (nSPS) is 28.3. The number of hydrogen-bond acceptors (Lipinski definition) is 5. The second kappa shape index (κ2) is 12.8. The molecule has 2 heterocycles. The van der Waals surface area contributed by atoms with Crippen LogP contribution in [0.1, 0.15) is 92.6 Å². The van der Waals surface area contributed by atoms with Crippen LogP contribution in [0.5, 0.6) is 5.75 Å². The molecule has 3 aliphatic rings. The maximum atomic E-state index is 13.2. The average molecular weight is 537 g/mol. The molecule has 206 valence electrons. The molecule has 1 aliphatic carbocycles. The monoisotopic (exact) mass is 536 g/mol. The Balaban J connectivity index is 1.47. The molecule has 0 saturated heterocycles. The Hall–Kier alpha value is -2.18. The van der Waals surface area contributed by atoms with Crippen molar-refractivity contribution in [2.75, 3.05) is 24.6 Å². The number of nitrogens with one attached hydrogen (secondary N) is 1. The number of ether oxygens (including phenoxy) is 1. The van der Waals surface area contributed by atoms with Crippen LogP contribution in [0.3, 0.4) is 0 Å². The molecule has 2 aliphatic heterocycles. The lowest BCUT2D eigenvalue weighted by atomic mass is 9.69. The maximum absolute atomic E-state index is 13.2. The number of nitrogens with zero attached hydrogens (tertiary/aromatic N) is 1. The highest BCUT2D eigenvalue weighted by atomic mass is 32.2. The SMILES string of the molecule is CCCc1ccccc1C1COc2ccc3cc2N(C1)CC1CCC1C(O)CCCCC(CC)SNC3=O. The second-order valence-electron chi connectivity index (χ2n) is 11.5. The van der Waals surface area contributed by atoms with Crippen molar-refractivity contribution >= 4 is 23.5 Å². The van der Waals surface area contributed by atoms with Crippen LogP contribution in [0.2, 0.25) is 0 Å². The molecule has 2 bridgehead atoms. The molecule has 6 heteroatoms. The van der Waals surface area contributed by atoms with E-state index in [0.717, 1.165) is 82.3 Å². The Morgan fingerprint density at radius 3 is 2.68 bits per heavy atom. The van der Waals surface area contributed by atoms with Crippen molar-refractivity contribution in [3.63, 3.8) is 0 Å². The molecule has 38 heavy (non-hydrogen) atoms. The molecular formula is C32H44N2O3S. The van der Waals surface area contributed by atoms with Crippen LogP contribution >= 0.6 is 11.9 Å². The number of benzene rings is 2. The van der Waals surface area contributed by atoms with E-state index in [1.54, 1.807) is 11.9 Å². The van der Waals surface area contributed by atoms with Crippen LogP contribution in [0.25, 0.3) is 0 Å². The molecule has 2 aromatic carbocycles. The highest BCUT2D eigenvalue weighted by Gasteiger charge is 2.38. The lowest BCUT2D eigenvalue weighted by Gasteiger charge is -2.43. The van der Waals surface area contributed by atoms with E-state index in [4.69, 9.17) is 4.74 Å². The Labute approximate surface area is 232 Å². The van der Waals surface area contributed by atoms with E-state index in [2.05, 4.69) is 47.7 Å². The number of amides is 1. The minimum Gasteiger partial charge on any atom is -0.491 e. The fraction of sp³-hybridized carbons (Fsp3) is 0.594. The summed E-state index contributed by atoms with van der Waals surface area (Å²) >= 11 is 1.55. The van der Waals surface area contributed by atoms with Gasteiger partial charge in [-0.05, 0) is 91.6 Å². The zero-order valence-corrected chi connectivity index (χ0v) is 23.8.